The molecule has 32 heavy (non-hydrogen) atoms. The Bertz CT molecular complexity index is 1140. The number of fused-ring (bicyclic) bond motifs is 2. The second-order valence-electron chi connectivity index (χ2n) is 7.99. The highest BCUT2D eigenvalue weighted by Crippen LogP contribution is 2.50. The van der Waals surface area contributed by atoms with Crippen LogP contribution < -0.4 is 15.4 Å². The summed E-state index contributed by atoms with van der Waals surface area (Å²) in [6.45, 7) is 9.80. The number of carbonyl (C=O) groups is 1. The van der Waals surface area contributed by atoms with Crippen molar-refractivity contribution in [2.24, 2.45) is 5.18 Å². The maximum Gasteiger partial charge on any atom is 0.317 e. The van der Waals surface area contributed by atoms with E-state index in [-0.39, 0.29) is 5.92 Å². The van der Waals surface area contributed by atoms with Crippen molar-refractivity contribution in [3.8, 4) is 11.5 Å². The standard InChI is InChI=1S/C26H27N3O3/c1-5-27-21-13-23-19(11-15(21)3)25(17-9-7-8-10-18(17)26(30)29-31)20-12-16(4)22(28-6-2)14-24(20)32-23/h7-14,25,27-28H,5-6H2,1-4H3. The molecule has 1 aliphatic rings. The molecule has 0 saturated heterocycles. The molecule has 0 aromatic heterocycles. The van der Waals surface area contributed by atoms with E-state index in [0.717, 1.165) is 63.8 Å². The van der Waals surface area contributed by atoms with Gasteiger partial charge in [0.05, 0.1) is 0 Å². The molecule has 2 N–H and O–H groups in total. The summed E-state index contributed by atoms with van der Waals surface area (Å²) in [5, 5.41) is 9.46. The molecule has 0 atom stereocenters. The fourth-order valence-electron chi connectivity index (χ4n) is 4.42. The largest absolute Gasteiger partial charge is 0.457 e. The molecule has 0 spiro atoms. The van der Waals surface area contributed by atoms with Gasteiger partial charge in [-0.25, -0.2) is 0 Å². The van der Waals surface area contributed by atoms with Gasteiger partial charge in [-0.05, 0) is 62.6 Å². The predicted octanol–water partition coefficient (Wildman–Crippen LogP) is 6.36. The van der Waals surface area contributed by atoms with Crippen LogP contribution in [0.4, 0.5) is 11.4 Å². The van der Waals surface area contributed by atoms with Gasteiger partial charge in [0, 0.05) is 64.4 Å². The van der Waals surface area contributed by atoms with Gasteiger partial charge in [0.25, 0.3) is 0 Å². The third-order valence-corrected chi connectivity index (χ3v) is 5.88. The molecule has 0 aliphatic carbocycles. The lowest BCUT2D eigenvalue weighted by Gasteiger charge is -2.31. The topological polar surface area (TPSA) is 79.8 Å². The summed E-state index contributed by atoms with van der Waals surface area (Å²) >= 11 is 0. The average Bonchev–Trinajstić information content (AvgIpc) is 2.79. The fourth-order valence-corrected chi connectivity index (χ4v) is 4.42. The molecule has 164 valence electrons. The molecule has 6 nitrogen and oxygen atoms in total. The van der Waals surface area contributed by atoms with Crippen LogP contribution in [0.1, 0.15) is 57.9 Å². The van der Waals surface area contributed by atoms with Gasteiger partial charge < -0.3 is 15.4 Å². The maximum atomic E-state index is 12.4. The van der Waals surface area contributed by atoms with Crippen LogP contribution in [0.3, 0.4) is 0 Å². The summed E-state index contributed by atoms with van der Waals surface area (Å²) < 4.78 is 6.39. The number of nitroso groups, excluding NO2 is 1. The van der Waals surface area contributed by atoms with Gasteiger partial charge >= 0.3 is 5.91 Å². The number of hydrogen-bond donors (Lipinski definition) is 2. The minimum atomic E-state index is -0.767. The van der Waals surface area contributed by atoms with Gasteiger partial charge in [-0.3, -0.25) is 4.79 Å². The molecule has 1 amide bonds. The van der Waals surface area contributed by atoms with E-state index in [4.69, 9.17) is 4.74 Å². The lowest BCUT2D eigenvalue weighted by Crippen LogP contribution is -2.16. The number of carbonyl (C=O) groups excluding carboxylic acids is 1. The van der Waals surface area contributed by atoms with Crippen LogP contribution in [0.15, 0.2) is 53.7 Å². The predicted molar refractivity (Wildman–Crippen MR) is 128 cm³/mol. The van der Waals surface area contributed by atoms with Crippen molar-refractivity contribution in [2.75, 3.05) is 23.7 Å². The third kappa shape index (κ3) is 3.73. The van der Waals surface area contributed by atoms with E-state index in [9.17, 15) is 9.70 Å². The Kier molecular flexibility index (Phi) is 5.95. The van der Waals surface area contributed by atoms with Crippen molar-refractivity contribution in [2.45, 2.75) is 33.6 Å². The van der Waals surface area contributed by atoms with Gasteiger partial charge in [-0.15, -0.1) is 4.91 Å². The van der Waals surface area contributed by atoms with Gasteiger partial charge in [0.1, 0.15) is 11.5 Å². The van der Waals surface area contributed by atoms with Crippen molar-refractivity contribution in [3.63, 3.8) is 0 Å². The SMILES string of the molecule is CCNc1cc2c(cc1C)C(c1ccccc1C(=O)N=O)c1cc(C)c(NCC)cc1O2. The summed E-state index contributed by atoms with van der Waals surface area (Å²) in [5.41, 5.74) is 7.15. The zero-order valence-electron chi connectivity index (χ0n) is 18.8. The molecule has 4 rings (SSSR count). The van der Waals surface area contributed by atoms with Crippen LogP contribution in [0, 0.1) is 18.8 Å². The van der Waals surface area contributed by atoms with Crippen LogP contribution >= 0.6 is 0 Å². The minimum absolute atomic E-state index is 0.264. The van der Waals surface area contributed by atoms with Crippen molar-refractivity contribution in [3.05, 3.63) is 86.8 Å². The number of nitrogens with one attached hydrogen (secondary N) is 2. The second-order valence-corrected chi connectivity index (χ2v) is 7.99. The number of amides is 1. The Labute approximate surface area is 188 Å². The highest BCUT2D eigenvalue weighted by atomic mass is 16.5. The van der Waals surface area contributed by atoms with Gasteiger partial charge in [0.15, 0.2) is 0 Å². The fraction of sp³-hybridized carbons (Fsp3) is 0.269. The second kappa shape index (κ2) is 8.83. The number of ether oxygens (including phenoxy) is 1. The van der Waals surface area contributed by atoms with E-state index >= 15 is 0 Å². The molecule has 3 aromatic carbocycles. The highest BCUT2D eigenvalue weighted by molar-refractivity contribution is 5.97. The number of rotatable bonds is 6. The van der Waals surface area contributed by atoms with Crippen molar-refractivity contribution >= 4 is 17.3 Å². The number of anilines is 2. The van der Waals surface area contributed by atoms with Crippen molar-refractivity contribution in [1.82, 2.24) is 0 Å². The molecule has 0 radical (unpaired) electrons. The lowest BCUT2D eigenvalue weighted by atomic mass is 9.79. The number of aryl methyl sites for hydroxylation is 2. The first-order chi connectivity index (χ1) is 15.5. The first-order valence-corrected chi connectivity index (χ1v) is 10.9. The number of hydrogen-bond acceptors (Lipinski definition) is 5. The van der Waals surface area contributed by atoms with E-state index in [2.05, 4.69) is 55.6 Å². The Morgan fingerprint density at radius 2 is 1.41 bits per heavy atom. The normalized spacial score (nSPS) is 12.4. The number of nitrogens with zero attached hydrogens (tertiary/aromatic N) is 1. The van der Waals surface area contributed by atoms with Crippen molar-refractivity contribution < 1.29 is 9.53 Å². The van der Waals surface area contributed by atoms with Crippen LogP contribution in [0.2, 0.25) is 0 Å². The summed E-state index contributed by atoms with van der Waals surface area (Å²) in [5.74, 6) is 0.435. The lowest BCUT2D eigenvalue weighted by molar-refractivity contribution is 0.0999. The summed E-state index contributed by atoms with van der Waals surface area (Å²) in [6, 6.07) is 15.4. The Morgan fingerprint density at radius 3 is 1.91 bits per heavy atom. The first-order valence-electron chi connectivity index (χ1n) is 10.9. The van der Waals surface area contributed by atoms with Gasteiger partial charge in [0.2, 0.25) is 0 Å². The average molecular weight is 430 g/mol. The quantitative estimate of drug-likeness (QED) is 0.349. The van der Waals surface area contributed by atoms with E-state index in [0.29, 0.717) is 5.56 Å². The molecule has 0 bridgehead atoms. The minimum Gasteiger partial charge on any atom is -0.457 e. The van der Waals surface area contributed by atoms with Crippen molar-refractivity contribution in [1.29, 1.82) is 0 Å². The molecule has 0 saturated carbocycles. The summed E-state index contributed by atoms with van der Waals surface area (Å²) in [6.07, 6.45) is 0. The van der Waals surface area contributed by atoms with Crippen LogP contribution in [-0.2, 0) is 0 Å². The molecular weight excluding hydrogens is 402 g/mol. The smallest absolute Gasteiger partial charge is 0.317 e. The van der Waals surface area contributed by atoms with Crippen LogP contribution in [0.25, 0.3) is 0 Å². The molecule has 1 aliphatic heterocycles. The molecule has 1 heterocycles. The monoisotopic (exact) mass is 429 g/mol. The molecule has 0 unspecified atom stereocenters. The molecule has 0 fully saturated rings. The molecule has 3 aromatic rings. The van der Waals surface area contributed by atoms with Gasteiger partial charge in [-0.1, -0.05) is 18.2 Å². The number of benzene rings is 3. The van der Waals surface area contributed by atoms with E-state index in [1.54, 1.807) is 12.1 Å². The van der Waals surface area contributed by atoms with E-state index in [1.165, 1.54) is 0 Å². The zero-order valence-corrected chi connectivity index (χ0v) is 18.8. The molecule has 6 heteroatoms. The van der Waals surface area contributed by atoms with Crippen LogP contribution in [-0.4, -0.2) is 19.0 Å². The summed E-state index contributed by atoms with van der Waals surface area (Å²) in [4.78, 5) is 23.5. The molecular formula is C26H27N3O3. The maximum absolute atomic E-state index is 12.4. The first kappa shape index (κ1) is 21.6. The van der Waals surface area contributed by atoms with Gasteiger partial charge in [-0.2, -0.15) is 0 Å². The van der Waals surface area contributed by atoms with Crippen LogP contribution in [0.5, 0.6) is 11.5 Å². The highest BCUT2D eigenvalue weighted by Gasteiger charge is 2.33. The zero-order chi connectivity index (χ0) is 22.8. The Balaban J connectivity index is 1.99. The Morgan fingerprint density at radius 1 is 0.875 bits per heavy atom. The third-order valence-electron chi connectivity index (χ3n) is 5.88. The Hall–Kier alpha value is -3.67. The van der Waals surface area contributed by atoms with E-state index in [1.807, 2.05) is 24.3 Å². The van der Waals surface area contributed by atoms with E-state index < -0.39 is 5.91 Å². The summed E-state index contributed by atoms with van der Waals surface area (Å²) in [7, 11) is 0.